The van der Waals surface area contributed by atoms with Crippen molar-refractivity contribution in [2.24, 2.45) is 67.9 Å². The fourth-order valence-electron chi connectivity index (χ4n) is 15.3. The predicted octanol–water partition coefficient (Wildman–Crippen LogP) is 2.50. The molecular weight excluding hydrogens is 1180 g/mol. The number of H-pyrrole nitrogens is 1. The molecule has 1 aromatic carbocycles. The predicted molar refractivity (Wildman–Crippen MR) is 331 cm³/mol. The van der Waals surface area contributed by atoms with Gasteiger partial charge in [-0.2, -0.15) is 4.57 Å². The highest BCUT2D eigenvalue weighted by atomic mass is 31.2. The maximum absolute atomic E-state index is 14.4. The number of carbonyl (C=O) groups is 7. The van der Waals surface area contributed by atoms with Gasteiger partial charge in [0.2, 0.25) is 53.4 Å². The molecule has 8 bridgehead atoms. The van der Waals surface area contributed by atoms with Gasteiger partial charge in [0.15, 0.2) is 23.2 Å². The number of allylic oxidation sites excluding steroid dienone is 5. The zero-order valence-corrected chi connectivity index (χ0v) is 54.1. The lowest BCUT2D eigenvalue weighted by Crippen LogP contribution is -2.64. The van der Waals surface area contributed by atoms with E-state index in [0.717, 1.165) is 16.7 Å². The topological polar surface area (TPSA) is 461 Å². The number of aliphatic hydroxyl groups excluding tert-OH is 2. The smallest absolute Gasteiger partial charge is 0.473 e. The molecule has 2 fully saturated rings. The Balaban J connectivity index is 1.20. The van der Waals surface area contributed by atoms with Crippen LogP contribution in [0.4, 0.5) is 0 Å². The Morgan fingerprint density at radius 2 is 1.42 bits per heavy atom. The SMILES string of the molecule is C/C1=C2/NC(=C(CCC(N)=O)C2(C)CC(N)=O)/C=C2\NC(/C(C)=C3\NC(C(CC(N)=O)C3(C)CCC(=O)NCC(C)OP(=O)(O)OC3C(O)=C([n+]4c[nH]c5cc(C)c(C)cc54)OC3CO)C3(C)NC1=C(CCC(N)=O)C3(C)CC(N)=O)C(CCC(N)=O)C2(C)C. The molecule has 492 valence electrons. The van der Waals surface area contributed by atoms with Crippen LogP contribution in [0.2, 0.25) is 0 Å². The minimum atomic E-state index is -5.08. The van der Waals surface area contributed by atoms with E-state index in [1.807, 2.05) is 87.4 Å². The Bertz CT molecular complexity index is 3590. The molecule has 12 atom stereocenters. The lowest BCUT2D eigenvalue weighted by molar-refractivity contribution is -0.574. The Morgan fingerprint density at radius 3 is 2.02 bits per heavy atom. The van der Waals surface area contributed by atoms with Gasteiger partial charge < -0.3 is 80.8 Å². The number of phosphoric ester groups is 1. The fourth-order valence-corrected chi connectivity index (χ4v) is 16.4. The number of nitrogens with zero attached hydrogens (tertiary/aromatic N) is 1. The van der Waals surface area contributed by atoms with E-state index in [1.54, 1.807) is 0 Å². The number of aryl methyl sites for hydroxylation is 2. The number of imidazole rings is 1. The number of nitrogens with two attached hydrogens (primary N) is 6. The van der Waals surface area contributed by atoms with Crippen molar-refractivity contribution >= 4 is 66.1 Å². The number of aromatic nitrogens is 2. The van der Waals surface area contributed by atoms with E-state index in [4.69, 9.17) is 48.2 Å². The van der Waals surface area contributed by atoms with Gasteiger partial charge in [0.05, 0.1) is 30.3 Å². The molecule has 12 unspecified atom stereocenters. The van der Waals surface area contributed by atoms with Gasteiger partial charge in [0, 0.05) is 108 Å². The van der Waals surface area contributed by atoms with Crippen molar-refractivity contribution in [3.63, 3.8) is 0 Å². The van der Waals surface area contributed by atoms with Crippen LogP contribution in [0, 0.1) is 47.3 Å². The third-order valence-corrected chi connectivity index (χ3v) is 21.5. The normalized spacial score (nSPS) is 31.7. The highest BCUT2D eigenvalue weighted by Crippen LogP contribution is 2.62. The second kappa shape index (κ2) is 25.2. The van der Waals surface area contributed by atoms with E-state index in [2.05, 4.69) is 31.6 Å². The molecule has 28 heteroatoms. The van der Waals surface area contributed by atoms with Crippen LogP contribution in [0.1, 0.15) is 144 Å². The van der Waals surface area contributed by atoms with E-state index in [1.165, 1.54) is 17.8 Å². The van der Waals surface area contributed by atoms with Crippen LogP contribution in [0.3, 0.4) is 0 Å². The molecule has 2 aromatic rings. The summed E-state index contributed by atoms with van der Waals surface area (Å²) in [6.45, 7) is 19.6. The molecule has 8 rings (SSSR count). The van der Waals surface area contributed by atoms with E-state index >= 15 is 0 Å². The van der Waals surface area contributed by atoms with Crippen LogP contribution < -0.4 is 65.6 Å². The number of hydrogen-bond donors (Lipinski definition) is 15. The van der Waals surface area contributed by atoms with Gasteiger partial charge in [0.25, 0.3) is 0 Å². The number of carbonyl (C=O) groups excluding carboxylic acids is 7. The fraction of sp³-hybridized carbons (Fsp3) is 0.581. The number of phosphoric acid groups is 1. The number of nitrogens with one attached hydrogen (secondary N) is 6. The zero-order chi connectivity index (χ0) is 66.7. The van der Waals surface area contributed by atoms with Gasteiger partial charge in [-0.25, -0.2) is 9.55 Å². The maximum Gasteiger partial charge on any atom is 0.473 e. The summed E-state index contributed by atoms with van der Waals surface area (Å²) < 4.78 is 32.1. The Kier molecular flexibility index (Phi) is 19.1. The van der Waals surface area contributed by atoms with E-state index in [-0.39, 0.29) is 82.6 Å². The second-order valence-corrected chi connectivity index (χ2v) is 28.2. The first-order valence-corrected chi connectivity index (χ1v) is 31.9. The van der Waals surface area contributed by atoms with Gasteiger partial charge in [-0.05, 0) is 132 Å². The number of aromatic amines is 1. The Labute approximate surface area is 523 Å². The van der Waals surface area contributed by atoms with Crippen LogP contribution in [-0.4, -0.2) is 111 Å². The quantitative estimate of drug-likeness (QED) is 0.0475. The van der Waals surface area contributed by atoms with Crippen LogP contribution in [0.25, 0.3) is 16.9 Å². The molecule has 7 heterocycles. The average Bonchev–Trinajstić information content (AvgIpc) is 1.53. The van der Waals surface area contributed by atoms with Crippen molar-refractivity contribution in [2.75, 3.05) is 13.2 Å². The van der Waals surface area contributed by atoms with Crippen molar-refractivity contribution in [1.29, 1.82) is 0 Å². The first-order chi connectivity index (χ1) is 41.8. The molecule has 0 saturated carbocycles. The minimum Gasteiger partial charge on any atom is -0.503 e. The Hall–Kier alpha value is -7.71. The third kappa shape index (κ3) is 12.7. The lowest BCUT2D eigenvalue weighted by atomic mass is 9.58. The van der Waals surface area contributed by atoms with Crippen LogP contribution >= 0.6 is 7.82 Å². The summed E-state index contributed by atoms with van der Waals surface area (Å²) in [5.41, 5.74) is 39.2. The molecule has 1 aromatic heterocycles. The number of rotatable bonds is 26. The summed E-state index contributed by atoms with van der Waals surface area (Å²) in [6, 6.07) is 2.34. The summed E-state index contributed by atoms with van der Waals surface area (Å²) >= 11 is 0. The van der Waals surface area contributed by atoms with E-state index in [0.29, 0.717) is 62.7 Å². The number of fused-ring (bicyclic) bond motifs is 10. The summed E-state index contributed by atoms with van der Waals surface area (Å²) in [6.07, 6.45) is -1.38. The van der Waals surface area contributed by atoms with Crippen molar-refractivity contribution in [1.82, 2.24) is 31.6 Å². The molecule has 0 aliphatic carbocycles. The van der Waals surface area contributed by atoms with E-state index < -0.39 is 125 Å². The molecule has 6 aliphatic rings. The summed E-state index contributed by atoms with van der Waals surface area (Å²) in [5.74, 6) is -6.16. The Morgan fingerprint density at radius 1 is 0.800 bits per heavy atom. The molecule has 7 amide bonds. The first-order valence-electron chi connectivity index (χ1n) is 30.4. The highest BCUT2D eigenvalue weighted by molar-refractivity contribution is 7.47. The van der Waals surface area contributed by atoms with Gasteiger partial charge in [-0.1, -0.05) is 27.7 Å². The molecule has 27 nitrogen and oxygen atoms in total. The van der Waals surface area contributed by atoms with Gasteiger partial charge in [0.1, 0.15) is 0 Å². The largest absolute Gasteiger partial charge is 0.503 e. The number of hydrogen-bond acceptors (Lipinski definition) is 17. The minimum absolute atomic E-state index is 0.00660. The molecule has 21 N–H and O–H groups in total. The molecule has 6 aliphatic heterocycles. The van der Waals surface area contributed by atoms with Crippen LogP contribution in [0.5, 0.6) is 0 Å². The summed E-state index contributed by atoms with van der Waals surface area (Å²) in [4.78, 5) is 108. The zero-order valence-electron chi connectivity index (χ0n) is 53.2. The average molecular weight is 1270 g/mol. The molecule has 0 radical (unpaired) electrons. The maximum atomic E-state index is 14.4. The number of amides is 7. The standard InChI is InChI=1S/C62H90N13O14P/c1-29-20-39-40(21-30(29)2)75(28-70-39)57-52(84)53(41(27-76)87-57)89-90(85,86)88-31(3)26-69-49(83)18-19-59(8)37(22-46(66)80)56-62(11)61(10,25-48(68)82)36(14-17-45(65)79)51(74-62)33(5)55-60(9,24-47(67)81)34(12-15-43(63)77)38(71-55)23-42-58(6,7)35(13-16-44(64)78)50(72-42)32(4)54(59)73-56/h20-21,23,28,31,35,37,41,50,53,56,71-74,76H,12-19,22,24-27H2,1-11H3,(H15,63,64,65,66,67,68,69,77,78,79,80,81,82,83,84,85,86)/p+1/b42-23-,54-32-,55-33-. The third-order valence-electron chi connectivity index (χ3n) is 20.4. The van der Waals surface area contributed by atoms with Gasteiger partial charge in [-0.3, -0.25) is 42.6 Å². The van der Waals surface area contributed by atoms with Crippen molar-refractivity contribution in [2.45, 2.75) is 183 Å². The molecular formula is C62H91N13O14P+. The highest BCUT2D eigenvalue weighted by Gasteiger charge is 2.65. The molecule has 90 heavy (non-hydrogen) atoms. The first kappa shape index (κ1) is 68.2. The monoisotopic (exact) mass is 1270 g/mol. The summed E-state index contributed by atoms with van der Waals surface area (Å²) in [7, 11) is -5.08. The number of benzene rings is 1. The van der Waals surface area contributed by atoms with Gasteiger partial charge >= 0.3 is 13.7 Å². The van der Waals surface area contributed by atoms with Crippen molar-refractivity contribution < 1.29 is 71.6 Å². The number of ether oxygens (including phenoxy) is 1. The number of aliphatic hydroxyl groups is 2. The van der Waals surface area contributed by atoms with Crippen molar-refractivity contribution in [3.05, 3.63) is 92.2 Å². The molecule has 2 saturated heterocycles. The molecule has 0 spiro atoms. The lowest BCUT2D eigenvalue weighted by Gasteiger charge is -2.49. The van der Waals surface area contributed by atoms with E-state index in [9.17, 15) is 53.2 Å². The summed E-state index contributed by atoms with van der Waals surface area (Å²) in [5, 5.41) is 39.7. The number of primary amides is 6. The van der Waals surface area contributed by atoms with Gasteiger partial charge in [-0.15, -0.1) is 0 Å². The second-order valence-electron chi connectivity index (χ2n) is 26.8. The van der Waals surface area contributed by atoms with Crippen LogP contribution in [0.15, 0.2) is 81.1 Å². The van der Waals surface area contributed by atoms with Crippen LogP contribution in [-0.2, 0) is 51.9 Å². The van der Waals surface area contributed by atoms with Crippen molar-refractivity contribution in [3.8, 4) is 0 Å².